The number of aryl methyl sites for hydroxylation is 1. The molecule has 1 aliphatic carbocycles. The van der Waals surface area contributed by atoms with Crippen LogP contribution in [0.5, 0.6) is 5.75 Å². The van der Waals surface area contributed by atoms with Gasteiger partial charge in [-0.2, -0.15) is 0 Å². The summed E-state index contributed by atoms with van der Waals surface area (Å²) in [7, 11) is 0. The maximum absolute atomic E-state index is 14.4. The minimum Gasteiger partial charge on any atom is -0.507 e. The van der Waals surface area contributed by atoms with Crippen LogP contribution in [0.1, 0.15) is 36.4 Å². The highest BCUT2D eigenvalue weighted by Crippen LogP contribution is 2.62. The zero-order valence-electron chi connectivity index (χ0n) is 23.2. The zero-order valence-corrected chi connectivity index (χ0v) is 24.0. The normalized spacial score (nSPS) is 24.4. The lowest BCUT2D eigenvalue weighted by molar-refractivity contribution is -0.129. The fourth-order valence-corrected chi connectivity index (χ4v) is 7.38. The number of carbonyl (C=O) groups excluding carboxylic acids is 2. The molecule has 1 N–H and O–H groups in total. The van der Waals surface area contributed by atoms with Gasteiger partial charge in [0.15, 0.2) is 0 Å². The van der Waals surface area contributed by atoms with Crippen LogP contribution in [0.3, 0.4) is 0 Å². The summed E-state index contributed by atoms with van der Waals surface area (Å²) in [6.45, 7) is 3.50. The van der Waals surface area contributed by atoms with Crippen LogP contribution in [-0.4, -0.2) is 30.9 Å². The quantitative estimate of drug-likeness (QED) is 0.276. The van der Waals surface area contributed by atoms with Gasteiger partial charge in [0.2, 0.25) is 11.8 Å². The number of phenolic OH excluding ortho intramolecular Hbond substituents is 1. The molecule has 4 aromatic rings. The Labute approximate surface area is 249 Å². The van der Waals surface area contributed by atoms with Crippen molar-refractivity contribution in [3.63, 3.8) is 0 Å². The summed E-state index contributed by atoms with van der Waals surface area (Å²) in [6, 6.07) is 16.7. The fourth-order valence-electron chi connectivity index (χ4n) is 7.20. The maximum Gasteiger partial charge on any atom is 0.352 e. The van der Waals surface area contributed by atoms with E-state index in [9.17, 15) is 28.7 Å². The number of aromatic hydroxyl groups is 1. The minimum absolute atomic E-state index is 0.0188. The van der Waals surface area contributed by atoms with Crippen LogP contribution < -0.4 is 16.3 Å². The molecule has 43 heavy (non-hydrogen) atoms. The van der Waals surface area contributed by atoms with E-state index in [0.717, 1.165) is 15.5 Å². The number of hydrogen-bond donors (Lipinski definition) is 1. The third-order valence-electron chi connectivity index (χ3n) is 9.29. The molecule has 2 amide bonds. The van der Waals surface area contributed by atoms with E-state index in [0.29, 0.717) is 22.4 Å². The first-order valence-electron chi connectivity index (χ1n) is 13.9. The third kappa shape index (κ3) is 3.62. The molecule has 4 unspecified atom stereocenters. The largest absolute Gasteiger partial charge is 0.507 e. The predicted molar refractivity (Wildman–Crippen MR) is 157 cm³/mol. The standard InChI is InChI=1S/C32H26ClFN4O5/c1-17-7-6-10-21(27(17)39)26-20-13-14-35-30(42)37(18-8-4-3-5-9-18)31(43)38(35)25(20)16-22-28(40)36(29(41)32(22,26)2)19-11-12-24(34)23(33)15-19/h3-13,15,22,25-26,39H,14,16H2,1-2H3. The van der Waals surface area contributed by atoms with Gasteiger partial charge in [0.25, 0.3) is 0 Å². The zero-order chi connectivity index (χ0) is 30.4. The van der Waals surface area contributed by atoms with E-state index in [2.05, 4.69) is 0 Å². The lowest BCUT2D eigenvalue weighted by Crippen LogP contribution is -2.49. The first-order chi connectivity index (χ1) is 20.6. The smallest absolute Gasteiger partial charge is 0.352 e. The van der Waals surface area contributed by atoms with Gasteiger partial charge in [-0.05, 0) is 61.7 Å². The summed E-state index contributed by atoms with van der Waals surface area (Å²) in [4.78, 5) is 57.1. The number of rotatable bonds is 3. The molecule has 4 atom stereocenters. The lowest BCUT2D eigenvalue weighted by atomic mass is 9.56. The fraction of sp³-hybridized carbons (Fsp3) is 0.250. The van der Waals surface area contributed by atoms with Crippen molar-refractivity contribution in [3.8, 4) is 11.4 Å². The second-order valence-corrected chi connectivity index (χ2v) is 11.9. The first-order valence-corrected chi connectivity index (χ1v) is 14.2. The van der Waals surface area contributed by atoms with Gasteiger partial charge < -0.3 is 5.11 Å². The summed E-state index contributed by atoms with van der Waals surface area (Å²) in [6.07, 6.45) is 1.88. The number of para-hydroxylation sites is 2. The number of allylic oxidation sites excluding steroid dienone is 2. The summed E-state index contributed by atoms with van der Waals surface area (Å²) in [5.41, 5.74) is -0.243. The van der Waals surface area contributed by atoms with Gasteiger partial charge in [-0.15, -0.1) is 0 Å². The Morgan fingerprint density at radius 3 is 2.42 bits per heavy atom. The van der Waals surface area contributed by atoms with Crippen LogP contribution in [0, 0.1) is 24.1 Å². The summed E-state index contributed by atoms with van der Waals surface area (Å²) >= 11 is 6.04. The van der Waals surface area contributed by atoms with Gasteiger partial charge in [-0.3, -0.25) is 9.59 Å². The minimum atomic E-state index is -1.38. The van der Waals surface area contributed by atoms with Gasteiger partial charge in [-0.1, -0.05) is 54.1 Å². The molecule has 3 heterocycles. The van der Waals surface area contributed by atoms with Gasteiger partial charge in [-0.25, -0.2) is 32.8 Å². The molecule has 0 radical (unpaired) electrons. The van der Waals surface area contributed by atoms with E-state index in [1.54, 1.807) is 62.4 Å². The third-order valence-corrected chi connectivity index (χ3v) is 9.58. The monoisotopic (exact) mass is 600 g/mol. The number of aromatic nitrogens is 3. The van der Waals surface area contributed by atoms with Gasteiger partial charge in [0, 0.05) is 11.5 Å². The highest BCUT2D eigenvalue weighted by atomic mass is 35.5. The Hall–Kier alpha value is -4.70. The highest BCUT2D eigenvalue weighted by molar-refractivity contribution is 6.31. The van der Waals surface area contributed by atoms with Crippen molar-refractivity contribution in [2.45, 2.75) is 38.8 Å². The van der Waals surface area contributed by atoms with E-state index in [1.807, 2.05) is 6.08 Å². The molecule has 9 nitrogen and oxygen atoms in total. The van der Waals surface area contributed by atoms with Crippen LogP contribution >= 0.6 is 11.6 Å². The van der Waals surface area contributed by atoms with Crippen molar-refractivity contribution in [2.24, 2.45) is 11.3 Å². The number of carbonyl (C=O) groups is 2. The second kappa shape index (κ2) is 9.40. The van der Waals surface area contributed by atoms with Crippen LogP contribution in [0.25, 0.3) is 5.69 Å². The number of benzene rings is 3. The Morgan fingerprint density at radius 2 is 1.70 bits per heavy atom. The number of anilines is 1. The molecule has 1 saturated carbocycles. The number of nitrogens with zero attached hydrogens (tertiary/aromatic N) is 4. The molecule has 2 aliphatic heterocycles. The molecule has 0 bridgehead atoms. The number of halogens is 2. The summed E-state index contributed by atoms with van der Waals surface area (Å²) in [5.74, 6) is -3.51. The Balaban J connectivity index is 1.45. The summed E-state index contributed by atoms with van der Waals surface area (Å²) in [5, 5.41) is 11.1. The highest BCUT2D eigenvalue weighted by Gasteiger charge is 2.65. The van der Waals surface area contributed by atoms with Gasteiger partial charge >= 0.3 is 11.4 Å². The predicted octanol–water partition coefficient (Wildman–Crippen LogP) is 4.47. The molecule has 2 fully saturated rings. The number of imide groups is 1. The first kappa shape index (κ1) is 27.2. The molecular formula is C32H26ClFN4O5. The van der Waals surface area contributed by atoms with Gasteiger partial charge in [0.05, 0.1) is 40.3 Å². The van der Waals surface area contributed by atoms with Crippen molar-refractivity contribution >= 4 is 29.1 Å². The summed E-state index contributed by atoms with van der Waals surface area (Å²) < 4.78 is 17.9. The van der Waals surface area contributed by atoms with Crippen molar-refractivity contribution in [2.75, 3.05) is 4.90 Å². The number of hydrogen-bond acceptors (Lipinski definition) is 5. The van der Waals surface area contributed by atoms with E-state index in [-0.39, 0.29) is 29.4 Å². The lowest BCUT2D eigenvalue weighted by Gasteiger charge is -2.47. The van der Waals surface area contributed by atoms with Crippen LogP contribution in [0.2, 0.25) is 5.02 Å². The number of fused-ring (bicyclic) bond motifs is 4. The van der Waals surface area contributed by atoms with Crippen LogP contribution in [0.15, 0.2) is 88.0 Å². The molecule has 11 heteroatoms. The molecule has 1 aromatic heterocycles. The second-order valence-electron chi connectivity index (χ2n) is 11.5. The molecule has 3 aromatic carbocycles. The molecule has 1 saturated heterocycles. The van der Waals surface area contributed by atoms with Crippen molar-refractivity contribution in [1.82, 2.24) is 13.9 Å². The van der Waals surface area contributed by atoms with E-state index in [4.69, 9.17) is 11.6 Å². The van der Waals surface area contributed by atoms with E-state index in [1.165, 1.54) is 21.5 Å². The number of amides is 2. The molecule has 7 rings (SSSR count). The Bertz CT molecular complexity index is 2010. The Morgan fingerprint density at radius 1 is 0.953 bits per heavy atom. The molecule has 0 spiro atoms. The average molecular weight is 601 g/mol. The van der Waals surface area contributed by atoms with Crippen LogP contribution in [-0.2, 0) is 16.1 Å². The topological polar surface area (TPSA) is 107 Å². The molecular weight excluding hydrogens is 575 g/mol. The van der Waals surface area contributed by atoms with E-state index < -0.39 is 52.3 Å². The van der Waals surface area contributed by atoms with Crippen molar-refractivity contribution < 1.29 is 19.1 Å². The van der Waals surface area contributed by atoms with Crippen molar-refractivity contribution in [3.05, 3.63) is 121 Å². The molecule has 3 aliphatic rings. The van der Waals surface area contributed by atoms with Gasteiger partial charge in [0.1, 0.15) is 11.6 Å². The Kier molecular flexibility index (Phi) is 5.94. The van der Waals surface area contributed by atoms with E-state index >= 15 is 0 Å². The molecule has 218 valence electrons. The van der Waals surface area contributed by atoms with Crippen LogP contribution in [0.4, 0.5) is 10.1 Å². The average Bonchev–Trinajstić information content (AvgIpc) is 3.36. The SMILES string of the molecule is Cc1cccc(C2C3=CCn4c(=O)n(-c5ccccc5)c(=O)n4C3CC3C(=O)N(c4ccc(F)c(Cl)c4)C(=O)C32C)c1O. The number of phenols is 1. The maximum atomic E-state index is 14.4. The van der Waals surface area contributed by atoms with Crippen molar-refractivity contribution in [1.29, 1.82) is 0 Å².